The second-order valence-corrected chi connectivity index (χ2v) is 7.07. The highest BCUT2D eigenvalue weighted by atomic mass is 32.2. The first-order chi connectivity index (χ1) is 10.8. The summed E-state index contributed by atoms with van der Waals surface area (Å²) < 4.78 is 23.5. The maximum absolute atomic E-state index is 12.0. The number of aromatic nitrogens is 2. The third kappa shape index (κ3) is 5.50. The highest BCUT2D eigenvalue weighted by molar-refractivity contribution is 7.89. The van der Waals surface area contributed by atoms with Gasteiger partial charge in [0.15, 0.2) is 0 Å². The summed E-state index contributed by atoms with van der Waals surface area (Å²) in [6.07, 6.45) is 3.94. The van der Waals surface area contributed by atoms with Crippen molar-refractivity contribution in [2.24, 2.45) is 5.14 Å². The van der Waals surface area contributed by atoms with E-state index in [0.717, 1.165) is 11.3 Å². The van der Waals surface area contributed by atoms with Crippen LogP contribution >= 0.6 is 0 Å². The zero-order chi connectivity index (χ0) is 16.9. The van der Waals surface area contributed by atoms with E-state index < -0.39 is 10.0 Å². The Labute approximate surface area is 135 Å². The molecule has 0 aliphatic rings. The number of nitrogens with two attached hydrogens (primary N) is 1. The molecule has 23 heavy (non-hydrogen) atoms. The van der Waals surface area contributed by atoms with E-state index in [1.165, 1.54) is 0 Å². The Morgan fingerprint density at radius 2 is 2.13 bits per heavy atom. The molecule has 1 amide bonds. The minimum absolute atomic E-state index is 0.113. The van der Waals surface area contributed by atoms with Gasteiger partial charge in [-0.1, -0.05) is 12.1 Å². The van der Waals surface area contributed by atoms with Crippen LogP contribution in [0.3, 0.4) is 0 Å². The van der Waals surface area contributed by atoms with E-state index in [9.17, 15) is 13.2 Å². The van der Waals surface area contributed by atoms with Gasteiger partial charge in [0.2, 0.25) is 15.9 Å². The van der Waals surface area contributed by atoms with Crippen molar-refractivity contribution in [1.29, 1.82) is 0 Å². The first kappa shape index (κ1) is 17.2. The van der Waals surface area contributed by atoms with E-state index in [1.54, 1.807) is 22.8 Å². The Morgan fingerprint density at radius 1 is 1.35 bits per heavy atom. The van der Waals surface area contributed by atoms with E-state index in [2.05, 4.69) is 5.10 Å². The number of carbonyl (C=O) groups excluding carboxylic acids is 1. The molecule has 1 aromatic heterocycles. The van der Waals surface area contributed by atoms with Crippen LogP contribution in [0, 0.1) is 0 Å². The number of hydrogen-bond donors (Lipinski definition) is 1. The van der Waals surface area contributed by atoms with Gasteiger partial charge in [-0.3, -0.25) is 4.79 Å². The van der Waals surface area contributed by atoms with Gasteiger partial charge in [-0.15, -0.1) is 0 Å². The summed E-state index contributed by atoms with van der Waals surface area (Å²) in [5, 5.41) is 9.10. The summed E-state index contributed by atoms with van der Waals surface area (Å²) in [7, 11) is -1.82. The molecule has 0 bridgehead atoms. The summed E-state index contributed by atoms with van der Waals surface area (Å²) in [4.78, 5) is 13.6. The van der Waals surface area contributed by atoms with E-state index in [-0.39, 0.29) is 24.5 Å². The molecule has 0 saturated heterocycles. The number of primary sulfonamides is 1. The maximum atomic E-state index is 12.0. The first-order valence-electron chi connectivity index (χ1n) is 7.18. The number of amides is 1. The van der Waals surface area contributed by atoms with Crippen LogP contribution in [-0.4, -0.2) is 41.8 Å². The van der Waals surface area contributed by atoms with E-state index in [1.807, 2.05) is 36.5 Å². The first-order valence-corrected chi connectivity index (χ1v) is 8.90. The van der Waals surface area contributed by atoms with E-state index in [4.69, 9.17) is 5.14 Å². The molecule has 1 heterocycles. The Balaban J connectivity index is 1.93. The fraction of sp³-hybridized carbons (Fsp3) is 0.333. The monoisotopic (exact) mass is 336 g/mol. The van der Waals surface area contributed by atoms with Crippen molar-refractivity contribution < 1.29 is 13.2 Å². The summed E-state index contributed by atoms with van der Waals surface area (Å²) in [5.41, 5.74) is 1.89. The summed E-state index contributed by atoms with van der Waals surface area (Å²) >= 11 is 0. The van der Waals surface area contributed by atoms with Gasteiger partial charge in [-0.2, -0.15) is 5.10 Å². The van der Waals surface area contributed by atoms with Gasteiger partial charge in [0, 0.05) is 32.4 Å². The van der Waals surface area contributed by atoms with Crippen LogP contribution in [0.25, 0.3) is 5.69 Å². The molecule has 2 rings (SSSR count). The lowest BCUT2D eigenvalue weighted by Gasteiger charge is -2.17. The molecule has 0 aliphatic heterocycles. The van der Waals surface area contributed by atoms with Gasteiger partial charge in [-0.05, 0) is 30.2 Å². The van der Waals surface area contributed by atoms with Crippen molar-refractivity contribution >= 4 is 15.9 Å². The molecule has 2 aromatic rings. The number of carbonyl (C=O) groups is 1. The fourth-order valence-corrected chi connectivity index (χ4v) is 2.74. The molecule has 1 aromatic carbocycles. The number of hydrogen-bond acceptors (Lipinski definition) is 4. The second-order valence-electron chi connectivity index (χ2n) is 5.34. The highest BCUT2D eigenvalue weighted by Gasteiger charge is 2.11. The average molecular weight is 336 g/mol. The van der Waals surface area contributed by atoms with E-state index >= 15 is 0 Å². The number of sulfonamides is 1. The molecule has 0 radical (unpaired) electrons. The van der Waals surface area contributed by atoms with Crippen molar-refractivity contribution in [3.63, 3.8) is 0 Å². The third-order valence-electron chi connectivity index (χ3n) is 3.34. The molecule has 0 unspecified atom stereocenters. The highest BCUT2D eigenvalue weighted by Crippen LogP contribution is 2.12. The SMILES string of the molecule is CN(Cc1cccc(-n2cccn2)c1)C(=O)CCCS(N)(=O)=O. The summed E-state index contributed by atoms with van der Waals surface area (Å²) in [6.45, 7) is 0.448. The summed E-state index contributed by atoms with van der Waals surface area (Å²) in [5.74, 6) is -0.292. The fourth-order valence-electron chi connectivity index (χ4n) is 2.20. The normalized spacial score (nSPS) is 11.4. The predicted molar refractivity (Wildman–Crippen MR) is 87.2 cm³/mol. The average Bonchev–Trinajstić information content (AvgIpc) is 3.00. The van der Waals surface area contributed by atoms with Crippen LogP contribution in [0.4, 0.5) is 0 Å². The molecule has 0 spiro atoms. The zero-order valence-electron chi connectivity index (χ0n) is 12.9. The van der Waals surface area contributed by atoms with Crippen LogP contribution in [0.1, 0.15) is 18.4 Å². The van der Waals surface area contributed by atoms with Crippen LogP contribution in [0.2, 0.25) is 0 Å². The Hall–Kier alpha value is -2.19. The lowest BCUT2D eigenvalue weighted by atomic mass is 10.2. The minimum atomic E-state index is -3.52. The molecule has 124 valence electrons. The summed E-state index contributed by atoms with van der Waals surface area (Å²) in [6, 6.07) is 9.58. The quantitative estimate of drug-likeness (QED) is 0.812. The standard InChI is InChI=1S/C15H20N4O3S/c1-18(15(20)7-3-10-23(16,21)22)12-13-5-2-6-14(11-13)19-9-4-8-17-19/h2,4-6,8-9,11H,3,7,10,12H2,1H3,(H2,16,21,22). The molecule has 0 fully saturated rings. The van der Waals surface area contributed by atoms with Crippen LogP contribution in [0.5, 0.6) is 0 Å². The Morgan fingerprint density at radius 3 is 2.78 bits per heavy atom. The van der Waals surface area contributed by atoms with Gasteiger partial charge < -0.3 is 4.90 Å². The molecule has 0 saturated carbocycles. The van der Waals surface area contributed by atoms with Crippen LogP contribution in [-0.2, 0) is 21.4 Å². The van der Waals surface area contributed by atoms with Crippen molar-refractivity contribution in [2.45, 2.75) is 19.4 Å². The van der Waals surface area contributed by atoms with Crippen molar-refractivity contribution in [3.05, 3.63) is 48.3 Å². The number of nitrogens with zero attached hydrogens (tertiary/aromatic N) is 3. The maximum Gasteiger partial charge on any atom is 0.222 e. The van der Waals surface area contributed by atoms with Crippen LogP contribution < -0.4 is 5.14 Å². The molecule has 7 nitrogen and oxygen atoms in total. The number of benzene rings is 1. The molecule has 8 heteroatoms. The Kier molecular flexibility index (Phi) is 5.51. The molecule has 0 atom stereocenters. The topological polar surface area (TPSA) is 98.3 Å². The lowest BCUT2D eigenvalue weighted by Crippen LogP contribution is -2.27. The zero-order valence-corrected chi connectivity index (χ0v) is 13.7. The van der Waals surface area contributed by atoms with Gasteiger partial charge in [-0.25, -0.2) is 18.2 Å². The van der Waals surface area contributed by atoms with Gasteiger partial charge in [0.25, 0.3) is 0 Å². The second kappa shape index (κ2) is 7.38. The van der Waals surface area contributed by atoms with Gasteiger partial charge in [0.05, 0.1) is 11.4 Å². The smallest absolute Gasteiger partial charge is 0.222 e. The number of rotatable bonds is 7. The molecular weight excluding hydrogens is 316 g/mol. The largest absolute Gasteiger partial charge is 0.341 e. The molecular formula is C15H20N4O3S. The minimum Gasteiger partial charge on any atom is -0.341 e. The van der Waals surface area contributed by atoms with Crippen molar-refractivity contribution in [1.82, 2.24) is 14.7 Å². The van der Waals surface area contributed by atoms with Gasteiger partial charge in [0.1, 0.15) is 0 Å². The van der Waals surface area contributed by atoms with Crippen LogP contribution in [0.15, 0.2) is 42.7 Å². The Bertz CT molecular complexity index is 757. The van der Waals surface area contributed by atoms with Crippen molar-refractivity contribution in [2.75, 3.05) is 12.8 Å². The predicted octanol–water partition coefficient (Wildman–Crippen LogP) is 0.899. The lowest BCUT2D eigenvalue weighted by molar-refractivity contribution is -0.130. The van der Waals surface area contributed by atoms with Crippen molar-refractivity contribution in [3.8, 4) is 5.69 Å². The van der Waals surface area contributed by atoms with E-state index in [0.29, 0.717) is 6.54 Å². The molecule has 2 N–H and O–H groups in total. The van der Waals surface area contributed by atoms with Gasteiger partial charge >= 0.3 is 0 Å². The molecule has 0 aliphatic carbocycles. The third-order valence-corrected chi connectivity index (χ3v) is 4.20.